The van der Waals surface area contributed by atoms with E-state index in [4.69, 9.17) is 16.3 Å². The third kappa shape index (κ3) is 2.59. The van der Waals surface area contributed by atoms with Gasteiger partial charge in [-0.3, -0.25) is 0 Å². The molecule has 0 N–H and O–H groups in total. The third-order valence-corrected chi connectivity index (χ3v) is 3.60. The average molecular weight is 290 g/mol. The Morgan fingerprint density at radius 2 is 2.11 bits per heavy atom. The molecule has 0 aliphatic rings. The molecule has 0 atom stereocenters. The zero-order valence-electron chi connectivity index (χ0n) is 9.67. The first kappa shape index (κ1) is 12.1. The molecule has 0 fully saturated rings. The van der Waals surface area contributed by atoms with Gasteiger partial charge < -0.3 is 4.74 Å². The molecule has 0 spiro atoms. The molecule has 3 rings (SSSR count). The topological polar surface area (TPSA) is 39.2 Å². The number of hydrogen-bond donors (Lipinski definition) is 0. The van der Waals surface area contributed by atoms with Crippen molar-refractivity contribution in [3.05, 3.63) is 58.6 Å². The standard InChI is InChI=1S/C14H8ClNO2S/c15-10-2-1-3-11(7-10)18-14(17)9-4-5-12-13(6-9)19-8-16-12/h1-8H. The molecular formula is C14H8ClNO2S. The van der Waals surface area contributed by atoms with Crippen molar-refractivity contribution in [2.45, 2.75) is 0 Å². The Kier molecular flexibility index (Phi) is 3.19. The molecule has 2 aromatic carbocycles. The Hall–Kier alpha value is -1.91. The molecule has 1 heterocycles. The van der Waals surface area contributed by atoms with E-state index in [-0.39, 0.29) is 0 Å². The minimum atomic E-state index is -0.405. The smallest absolute Gasteiger partial charge is 0.343 e. The first-order chi connectivity index (χ1) is 9.22. The van der Waals surface area contributed by atoms with Gasteiger partial charge in [0.1, 0.15) is 5.75 Å². The van der Waals surface area contributed by atoms with Crippen LogP contribution < -0.4 is 4.74 Å². The van der Waals surface area contributed by atoms with Crippen molar-refractivity contribution in [3.8, 4) is 5.75 Å². The highest BCUT2D eigenvalue weighted by Gasteiger charge is 2.10. The largest absolute Gasteiger partial charge is 0.423 e. The molecule has 3 aromatic rings. The number of thiazole rings is 1. The van der Waals surface area contributed by atoms with Gasteiger partial charge in [0.05, 0.1) is 21.3 Å². The highest BCUT2D eigenvalue weighted by atomic mass is 35.5. The molecule has 0 saturated carbocycles. The molecule has 19 heavy (non-hydrogen) atoms. The molecule has 0 aliphatic carbocycles. The second kappa shape index (κ2) is 4.99. The van der Waals surface area contributed by atoms with Crippen LogP contribution in [0.4, 0.5) is 0 Å². The lowest BCUT2D eigenvalue weighted by atomic mass is 10.2. The fourth-order valence-electron chi connectivity index (χ4n) is 1.68. The van der Waals surface area contributed by atoms with Gasteiger partial charge in [0.15, 0.2) is 0 Å². The fourth-order valence-corrected chi connectivity index (χ4v) is 2.58. The number of nitrogens with zero attached hydrogens (tertiary/aromatic N) is 1. The van der Waals surface area contributed by atoms with Gasteiger partial charge in [-0.2, -0.15) is 0 Å². The molecule has 0 amide bonds. The maximum atomic E-state index is 12.0. The maximum absolute atomic E-state index is 12.0. The Labute approximate surface area is 118 Å². The van der Waals surface area contributed by atoms with Crippen LogP contribution in [0.5, 0.6) is 5.75 Å². The van der Waals surface area contributed by atoms with Crippen molar-refractivity contribution in [2.75, 3.05) is 0 Å². The first-order valence-corrected chi connectivity index (χ1v) is 6.79. The quantitative estimate of drug-likeness (QED) is 0.525. The van der Waals surface area contributed by atoms with Crippen LogP contribution in [0.1, 0.15) is 10.4 Å². The number of carbonyl (C=O) groups is 1. The number of aromatic nitrogens is 1. The molecule has 0 aliphatic heterocycles. The number of rotatable bonds is 2. The number of fused-ring (bicyclic) bond motifs is 1. The van der Waals surface area contributed by atoms with Gasteiger partial charge in [-0.1, -0.05) is 17.7 Å². The van der Waals surface area contributed by atoms with Crippen LogP contribution in [0, 0.1) is 0 Å². The first-order valence-electron chi connectivity index (χ1n) is 5.53. The predicted molar refractivity (Wildman–Crippen MR) is 76.0 cm³/mol. The summed E-state index contributed by atoms with van der Waals surface area (Å²) < 4.78 is 6.23. The van der Waals surface area contributed by atoms with Crippen LogP contribution >= 0.6 is 22.9 Å². The van der Waals surface area contributed by atoms with Gasteiger partial charge in [-0.05, 0) is 36.4 Å². The lowest BCUT2D eigenvalue weighted by Gasteiger charge is -2.04. The third-order valence-electron chi connectivity index (χ3n) is 2.57. The van der Waals surface area contributed by atoms with Crippen LogP contribution in [0.2, 0.25) is 5.02 Å². The van der Waals surface area contributed by atoms with E-state index in [1.54, 1.807) is 48.0 Å². The van der Waals surface area contributed by atoms with Crippen molar-refractivity contribution in [2.24, 2.45) is 0 Å². The molecule has 5 heteroatoms. The van der Waals surface area contributed by atoms with E-state index in [1.807, 2.05) is 0 Å². The lowest BCUT2D eigenvalue weighted by Crippen LogP contribution is -2.08. The summed E-state index contributed by atoms with van der Waals surface area (Å²) in [5.41, 5.74) is 3.12. The Bertz CT molecular complexity index is 754. The number of ether oxygens (including phenoxy) is 1. The molecule has 0 bridgehead atoms. The van der Waals surface area contributed by atoms with Crippen LogP contribution in [0.25, 0.3) is 10.2 Å². The normalized spacial score (nSPS) is 10.6. The Morgan fingerprint density at radius 3 is 2.95 bits per heavy atom. The van der Waals surface area contributed by atoms with Gasteiger partial charge in [0, 0.05) is 5.02 Å². The molecule has 1 aromatic heterocycles. The van der Waals surface area contributed by atoms with Crippen molar-refractivity contribution < 1.29 is 9.53 Å². The van der Waals surface area contributed by atoms with Gasteiger partial charge in [0.25, 0.3) is 0 Å². The summed E-state index contributed by atoms with van der Waals surface area (Å²) in [7, 11) is 0. The molecule has 0 radical (unpaired) electrons. The van der Waals surface area contributed by atoms with E-state index in [0.717, 1.165) is 10.2 Å². The van der Waals surface area contributed by atoms with E-state index in [9.17, 15) is 4.79 Å². The van der Waals surface area contributed by atoms with Gasteiger partial charge in [-0.25, -0.2) is 9.78 Å². The van der Waals surface area contributed by atoms with Crippen LogP contribution in [0.3, 0.4) is 0 Å². The highest BCUT2D eigenvalue weighted by Crippen LogP contribution is 2.21. The van der Waals surface area contributed by atoms with E-state index in [0.29, 0.717) is 16.3 Å². The van der Waals surface area contributed by atoms with E-state index >= 15 is 0 Å². The molecule has 0 saturated heterocycles. The van der Waals surface area contributed by atoms with Crippen LogP contribution in [-0.4, -0.2) is 11.0 Å². The molecule has 3 nitrogen and oxygen atoms in total. The van der Waals surface area contributed by atoms with E-state index in [2.05, 4.69) is 4.98 Å². The number of esters is 1. The average Bonchev–Trinajstić information content (AvgIpc) is 2.85. The molecule has 94 valence electrons. The van der Waals surface area contributed by atoms with Crippen molar-refractivity contribution >= 4 is 39.1 Å². The minimum Gasteiger partial charge on any atom is -0.423 e. The summed E-state index contributed by atoms with van der Waals surface area (Å²) in [5, 5.41) is 0.531. The highest BCUT2D eigenvalue weighted by molar-refractivity contribution is 7.16. The number of carbonyl (C=O) groups excluding carboxylic acids is 1. The zero-order chi connectivity index (χ0) is 13.2. The summed E-state index contributed by atoms with van der Waals surface area (Å²) in [4.78, 5) is 16.2. The number of hydrogen-bond acceptors (Lipinski definition) is 4. The Morgan fingerprint density at radius 1 is 1.21 bits per heavy atom. The second-order valence-electron chi connectivity index (χ2n) is 3.88. The van der Waals surface area contributed by atoms with E-state index < -0.39 is 5.97 Å². The predicted octanol–water partition coefficient (Wildman–Crippen LogP) is 4.17. The van der Waals surface area contributed by atoms with Crippen molar-refractivity contribution in [1.29, 1.82) is 0 Å². The monoisotopic (exact) mass is 289 g/mol. The Balaban J connectivity index is 1.87. The van der Waals surface area contributed by atoms with Crippen molar-refractivity contribution in [1.82, 2.24) is 4.98 Å². The molecular weight excluding hydrogens is 282 g/mol. The van der Waals surface area contributed by atoms with Gasteiger partial charge in [-0.15, -0.1) is 11.3 Å². The number of benzene rings is 2. The van der Waals surface area contributed by atoms with Crippen LogP contribution in [-0.2, 0) is 0 Å². The lowest BCUT2D eigenvalue weighted by molar-refractivity contribution is 0.0735. The zero-order valence-corrected chi connectivity index (χ0v) is 11.2. The molecule has 0 unspecified atom stereocenters. The van der Waals surface area contributed by atoms with Crippen molar-refractivity contribution in [3.63, 3.8) is 0 Å². The van der Waals surface area contributed by atoms with Gasteiger partial charge >= 0.3 is 5.97 Å². The summed E-state index contributed by atoms with van der Waals surface area (Å²) in [6, 6.07) is 12.0. The minimum absolute atomic E-state index is 0.405. The summed E-state index contributed by atoms with van der Waals surface area (Å²) in [6.07, 6.45) is 0. The van der Waals surface area contributed by atoms with E-state index in [1.165, 1.54) is 11.3 Å². The number of halogens is 1. The fraction of sp³-hybridized carbons (Fsp3) is 0. The van der Waals surface area contributed by atoms with Crippen LogP contribution in [0.15, 0.2) is 48.0 Å². The summed E-state index contributed by atoms with van der Waals surface area (Å²) in [5.74, 6) is 0.0273. The summed E-state index contributed by atoms with van der Waals surface area (Å²) in [6.45, 7) is 0. The van der Waals surface area contributed by atoms with Gasteiger partial charge in [0.2, 0.25) is 0 Å². The summed E-state index contributed by atoms with van der Waals surface area (Å²) >= 11 is 7.33. The second-order valence-corrected chi connectivity index (χ2v) is 5.20. The maximum Gasteiger partial charge on any atom is 0.343 e. The SMILES string of the molecule is O=C(Oc1cccc(Cl)c1)c1ccc2ncsc2c1.